The number of aromatic nitrogens is 2. The molecule has 0 saturated carbocycles. The zero-order valence-electron chi connectivity index (χ0n) is 20.2. The van der Waals surface area contributed by atoms with Gasteiger partial charge in [0.25, 0.3) is 21.5 Å². The van der Waals surface area contributed by atoms with E-state index in [0.717, 1.165) is 11.3 Å². The summed E-state index contributed by atoms with van der Waals surface area (Å²) < 4.78 is 36.0. The molecule has 2 aromatic heterocycles. The van der Waals surface area contributed by atoms with Crippen molar-refractivity contribution in [3.8, 4) is 5.69 Å². The number of amides is 1. The normalized spacial score (nSPS) is 12.1. The molecule has 0 spiro atoms. The van der Waals surface area contributed by atoms with Crippen molar-refractivity contribution < 1.29 is 22.7 Å². The maximum Gasteiger partial charge on any atom is 0.341 e. The van der Waals surface area contributed by atoms with E-state index in [1.807, 2.05) is 6.07 Å². The molecule has 0 aliphatic heterocycles. The first-order chi connectivity index (χ1) is 17.6. The van der Waals surface area contributed by atoms with E-state index in [-0.39, 0.29) is 21.1 Å². The quantitative estimate of drug-likeness (QED) is 0.329. The highest BCUT2D eigenvalue weighted by Crippen LogP contribution is 2.24. The summed E-state index contributed by atoms with van der Waals surface area (Å²) in [7, 11) is -2.21. The van der Waals surface area contributed by atoms with E-state index >= 15 is 0 Å². The fraction of sp³-hybridized carbons (Fsp3) is 0.160. The number of carbonyl (C=O) groups is 2. The molecule has 2 heterocycles. The van der Waals surface area contributed by atoms with E-state index in [4.69, 9.17) is 4.74 Å². The maximum atomic E-state index is 13.0. The highest BCUT2D eigenvalue weighted by molar-refractivity contribution is 7.94. The summed E-state index contributed by atoms with van der Waals surface area (Å²) in [6.07, 6.45) is -1.28. The third kappa shape index (κ3) is 5.34. The molecule has 0 radical (unpaired) electrons. The van der Waals surface area contributed by atoms with Gasteiger partial charge in [0.05, 0.1) is 22.6 Å². The Morgan fingerprint density at radius 3 is 2.35 bits per heavy atom. The molecule has 1 unspecified atom stereocenters. The molecule has 0 aliphatic rings. The third-order valence-electron chi connectivity index (χ3n) is 5.61. The number of carbonyl (C=O) groups excluding carboxylic acids is 2. The number of hydrogen-bond donors (Lipinski definition) is 2. The number of sulfonamides is 1. The van der Waals surface area contributed by atoms with Crippen LogP contribution in [0.15, 0.2) is 81.1 Å². The van der Waals surface area contributed by atoms with E-state index in [9.17, 15) is 22.8 Å². The Morgan fingerprint density at radius 1 is 1.00 bits per heavy atom. The Morgan fingerprint density at radius 2 is 1.68 bits per heavy atom. The van der Waals surface area contributed by atoms with Gasteiger partial charge in [-0.1, -0.05) is 36.4 Å². The van der Waals surface area contributed by atoms with Crippen molar-refractivity contribution in [2.75, 3.05) is 10.0 Å². The van der Waals surface area contributed by atoms with Crippen molar-refractivity contribution in [2.24, 2.45) is 7.05 Å². The van der Waals surface area contributed by atoms with Crippen LogP contribution in [-0.4, -0.2) is 35.8 Å². The summed E-state index contributed by atoms with van der Waals surface area (Å²) in [6, 6.07) is 17.9. The number of ether oxygens (including phenoxy) is 1. The molecule has 0 aliphatic carbocycles. The van der Waals surface area contributed by atoms with Gasteiger partial charge in [0.1, 0.15) is 9.90 Å². The first-order valence-electron chi connectivity index (χ1n) is 11.1. The van der Waals surface area contributed by atoms with Crippen LogP contribution in [0.1, 0.15) is 23.0 Å². The number of nitrogens with zero attached hydrogens (tertiary/aromatic N) is 2. The molecule has 2 aromatic carbocycles. The van der Waals surface area contributed by atoms with Crippen LogP contribution in [0.3, 0.4) is 0 Å². The molecule has 0 fully saturated rings. The van der Waals surface area contributed by atoms with Gasteiger partial charge in [0.15, 0.2) is 6.10 Å². The second-order valence-electron chi connectivity index (χ2n) is 8.06. The molecule has 37 heavy (non-hydrogen) atoms. The molecular formula is C25H24N4O6S2. The lowest BCUT2D eigenvalue weighted by Crippen LogP contribution is -2.32. The summed E-state index contributed by atoms with van der Waals surface area (Å²) in [5.74, 6) is -1.62. The number of esters is 1. The van der Waals surface area contributed by atoms with E-state index in [2.05, 4.69) is 10.0 Å². The molecule has 0 bridgehead atoms. The van der Waals surface area contributed by atoms with Crippen molar-refractivity contribution in [2.45, 2.75) is 24.2 Å². The second kappa shape index (κ2) is 10.4. The van der Waals surface area contributed by atoms with E-state index in [0.29, 0.717) is 11.4 Å². The summed E-state index contributed by atoms with van der Waals surface area (Å²) in [5.41, 5.74) is 0.700. The molecule has 192 valence electrons. The van der Waals surface area contributed by atoms with Gasteiger partial charge in [-0.25, -0.2) is 17.9 Å². The third-order valence-corrected chi connectivity index (χ3v) is 8.37. The number of thiophene rings is 1. The lowest BCUT2D eigenvalue weighted by atomic mass is 10.2. The monoisotopic (exact) mass is 540 g/mol. The SMILES string of the molecule is Cc1c(NC(=O)C(C)OC(=O)c2ccccc2NS(=O)(=O)c2cccs2)c(=O)n(-c2ccccc2)n1C. The molecule has 1 atom stereocenters. The number of hydrogen-bond acceptors (Lipinski definition) is 7. The fourth-order valence-corrected chi connectivity index (χ4v) is 5.65. The Labute approximate surface area is 217 Å². The maximum absolute atomic E-state index is 13.0. The lowest BCUT2D eigenvalue weighted by molar-refractivity contribution is -0.123. The van der Waals surface area contributed by atoms with Gasteiger partial charge in [0, 0.05) is 7.05 Å². The number of anilines is 2. The van der Waals surface area contributed by atoms with Crippen LogP contribution in [0.25, 0.3) is 5.69 Å². The number of rotatable bonds is 8. The van der Waals surface area contributed by atoms with Gasteiger partial charge in [-0.3, -0.25) is 19.0 Å². The summed E-state index contributed by atoms with van der Waals surface area (Å²) in [4.78, 5) is 38.8. The number of para-hydroxylation sites is 2. The smallest absolute Gasteiger partial charge is 0.341 e. The molecule has 12 heteroatoms. The van der Waals surface area contributed by atoms with Crippen molar-refractivity contribution in [3.05, 3.63) is 93.7 Å². The highest BCUT2D eigenvalue weighted by Gasteiger charge is 2.26. The molecule has 4 rings (SSSR count). The zero-order chi connectivity index (χ0) is 26.7. The van der Waals surface area contributed by atoms with E-state index < -0.39 is 33.6 Å². The Balaban J connectivity index is 1.51. The largest absolute Gasteiger partial charge is 0.449 e. The molecule has 10 nitrogen and oxygen atoms in total. The second-order valence-corrected chi connectivity index (χ2v) is 10.9. The average Bonchev–Trinajstić information content (AvgIpc) is 3.49. The predicted octanol–water partition coefficient (Wildman–Crippen LogP) is 3.53. The van der Waals surface area contributed by atoms with Crippen molar-refractivity contribution in [1.82, 2.24) is 9.36 Å². The van der Waals surface area contributed by atoms with Gasteiger partial charge in [-0.2, -0.15) is 0 Å². The van der Waals surface area contributed by atoms with Gasteiger partial charge in [-0.15, -0.1) is 11.3 Å². The van der Waals surface area contributed by atoms with Gasteiger partial charge in [0.2, 0.25) is 0 Å². The predicted molar refractivity (Wildman–Crippen MR) is 141 cm³/mol. The molecular weight excluding hydrogens is 516 g/mol. The molecule has 4 aromatic rings. The Kier molecular flexibility index (Phi) is 7.32. The molecule has 0 saturated heterocycles. The van der Waals surface area contributed by atoms with Crippen LogP contribution >= 0.6 is 11.3 Å². The number of nitrogens with one attached hydrogen (secondary N) is 2. The summed E-state index contributed by atoms with van der Waals surface area (Å²) in [5, 5.41) is 4.18. The summed E-state index contributed by atoms with van der Waals surface area (Å²) >= 11 is 1.03. The Hall–Kier alpha value is -4.16. The van der Waals surface area contributed by atoms with Crippen LogP contribution in [0.4, 0.5) is 11.4 Å². The minimum Gasteiger partial charge on any atom is -0.449 e. The highest BCUT2D eigenvalue weighted by atomic mass is 32.2. The van der Waals surface area contributed by atoms with Crippen LogP contribution in [0.5, 0.6) is 0 Å². The van der Waals surface area contributed by atoms with Crippen LogP contribution in [0.2, 0.25) is 0 Å². The number of benzene rings is 2. The topological polar surface area (TPSA) is 128 Å². The van der Waals surface area contributed by atoms with E-state index in [1.54, 1.807) is 66.5 Å². The van der Waals surface area contributed by atoms with Crippen molar-refractivity contribution in [1.29, 1.82) is 0 Å². The first kappa shape index (κ1) is 25.9. The minimum atomic E-state index is -3.90. The summed E-state index contributed by atoms with van der Waals surface area (Å²) in [6.45, 7) is 3.04. The van der Waals surface area contributed by atoms with Gasteiger partial charge in [-0.05, 0) is 49.6 Å². The standard InChI is InChI=1S/C25H24N4O6S2/c1-16-22(24(31)29(28(16)3)18-10-5-4-6-11-18)26-23(30)17(2)35-25(32)19-12-7-8-13-20(19)27-37(33,34)21-14-9-15-36-21/h4-15,17,27H,1-3H3,(H,26,30). The zero-order valence-corrected chi connectivity index (χ0v) is 21.8. The van der Waals surface area contributed by atoms with Crippen LogP contribution in [-0.2, 0) is 26.6 Å². The molecule has 2 N–H and O–H groups in total. The van der Waals surface area contributed by atoms with E-state index in [1.165, 1.54) is 29.8 Å². The average molecular weight is 541 g/mol. The molecule has 1 amide bonds. The lowest BCUT2D eigenvalue weighted by Gasteiger charge is -2.15. The van der Waals surface area contributed by atoms with Gasteiger partial charge < -0.3 is 10.1 Å². The van der Waals surface area contributed by atoms with Gasteiger partial charge >= 0.3 is 5.97 Å². The van der Waals surface area contributed by atoms with Crippen LogP contribution in [0, 0.1) is 6.92 Å². The van der Waals surface area contributed by atoms with Crippen LogP contribution < -0.4 is 15.6 Å². The first-order valence-corrected chi connectivity index (χ1v) is 13.5. The Bertz CT molecular complexity index is 1610. The fourth-order valence-electron chi connectivity index (χ4n) is 3.58. The van der Waals surface area contributed by atoms with Crippen molar-refractivity contribution >= 4 is 44.6 Å². The minimum absolute atomic E-state index is 0.0122. The van der Waals surface area contributed by atoms with Crippen molar-refractivity contribution in [3.63, 3.8) is 0 Å².